The molecule has 0 spiro atoms. The summed E-state index contributed by atoms with van der Waals surface area (Å²) in [7, 11) is -0.677. The summed E-state index contributed by atoms with van der Waals surface area (Å²) in [6.45, 7) is 10.9. The van der Waals surface area contributed by atoms with Gasteiger partial charge in [0.1, 0.15) is 0 Å². The summed E-state index contributed by atoms with van der Waals surface area (Å²) in [5.74, 6) is 1.70. The molecule has 6 nitrogen and oxygen atoms in total. The lowest BCUT2D eigenvalue weighted by atomic mass is 9.95. The lowest BCUT2D eigenvalue weighted by Gasteiger charge is -2.30. The van der Waals surface area contributed by atoms with E-state index in [1.807, 2.05) is 6.92 Å². The third-order valence-corrected chi connectivity index (χ3v) is 6.96. The van der Waals surface area contributed by atoms with Crippen LogP contribution in [0.5, 0.6) is 0 Å². The standard InChI is InChI=1S/C19H38N4O2S/c1-3-20-19(21-10-5-6-11-23-12-14-25-15-13-23)22-17-8-7-9-18(16-17)26(24)4-2/h17-18H,3-16H2,1-2H3,(H2,20,21,22). The molecule has 152 valence electrons. The van der Waals surface area contributed by atoms with Gasteiger partial charge in [-0.05, 0) is 45.6 Å². The van der Waals surface area contributed by atoms with Crippen molar-refractivity contribution in [1.29, 1.82) is 0 Å². The first-order valence-corrected chi connectivity index (χ1v) is 11.8. The second-order valence-corrected chi connectivity index (χ2v) is 9.23. The Bertz CT molecular complexity index is 441. The van der Waals surface area contributed by atoms with Crippen LogP contribution >= 0.6 is 0 Å². The molecule has 26 heavy (non-hydrogen) atoms. The van der Waals surface area contributed by atoms with Crippen molar-refractivity contribution < 1.29 is 8.95 Å². The largest absolute Gasteiger partial charge is 0.379 e. The molecule has 1 saturated heterocycles. The molecule has 1 aliphatic carbocycles. The molecule has 1 aliphatic heterocycles. The lowest BCUT2D eigenvalue weighted by Crippen LogP contribution is -2.46. The average Bonchev–Trinajstić information content (AvgIpc) is 2.68. The van der Waals surface area contributed by atoms with Gasteiger partial charge in [-0.1, -0.05) is 13.3 Å². The number of hydrogen-bond donors (Lipinski definition) is 2. The van der Waals surface area contributed by atoms with E-state index in [0.29, 0.717) is 11.3 Å². The number of nitrogens with zero attached hydrogens (tertiary/aromatic N) is 2. The van der Waals surface area contributed by atoms with Gasteiger partial charge in [-0.3, -0.25) is 14.1 Å². The summed E-state index contributed by atoms with van der Waals surface area (Å²) in [5.41, 5.74) is 0. The van der Waals surface area contributed by atoms with E-state index in [2.05, 4.69) is 22.5 Å². The predicted molar refractivity (Wildman–Crippen MR) is 110 cm³/mol. The molecule has 2 aliphatic rings. The highest BCUT2D eigenvalue weighted by Gasteiger charge is 2.26. The van der Waals surface area contributed by atoms with Gasteiger partial charge in [0.05, 0.1) is 13.2 Å². The Hall–Kier alpha value is -0.660. The molecule has 2 fully saturated rings. The Morgan fingerprint density at radius 2 is 2.04 bits per heavy atom. The lowest BCUT2D eigenvalue weighted by molar-refractivity contribution is 0.0373. The summed E-state index contributed by atoms with van der Waals surface area (Å²) in [4.78, 5) is 7.23. The van der Waals surface area contributed by atoms with Gasteiger partial charge in [0.2, 0.25) is 0 Å². The van der Waals surface area contributed by atoms with Gasteiger partial charge in [0.15, 0.2) is 5.96 Å². The van der Waals surface area contributed by atoms with Gasteiger partial charge in [0.25, 0.3) is 0 Å². The van der Waals surface area contributed by atoms with Crippen LogP contribution in [0.2, 0.25) is 0 Å². The van der Waals surface area contributed by atoms with Crippen molar-refractivity contribution in [2.24, 2.45) is 4.99 Å². The molecule has 3 atom stereocenters. The zero-order valence-corrected chi connectivity index (χ0v) is 17.5. The maximum atomic E-state index is 12.1. The molecular weight excluding hydrogens is 348 g/mol. The van der Waals surface area contributed by atoms with E-state index in [9.17, 15) is 4.21 Å². The molecule has 1 heterocycles. The van der Waals surface area contributed by atoms with E-state index in [4.69, 9.17) is 9.73 Å². The van der Waals surface area contributed by atoms with E-state index in [1.54, 1.807) is 0 Å². The smallest absolute Gasteiger partial charge is 0.191 e. The van der Waals surface area contributed by atoms with Crippen LogP contribution in [0, 0.1) is 0 Å². The summed E-state index contributed by atoms with van der Waals surface area (Å²) in [5, 5.41) is 7.30. The number of unbranched alkanes of at least 4 members (excludes halogenated alkanes) is 1. The summed E-state index contributed by atoms with van der Waals surface area (Å²) in [6.07, 6.45) is 6.71. The number of aliphatic imine (C=N–C) groups is 1. The minimum absolute atomic E-state index is 0.350. The fourth-order valence-electron chi connectivity index (χ4n) is 3.73. The Balaban J connectivity index is 1.70. The molecule has 0 amide bonds. The van der Waals surface area contributed by atoms with Crippen molar-refractivity contribution in [2.75, 3.05) is 51.7 Å². The van der Waals surface area contributed by atoms with Crippen molar-refractivity contribution >= 4 is 16.8 Å². The fourth-order valence-corrected chi connectivity index (χ4v) is 5.07. The van der Waals surface area contributed by atoms with Crippen LogP contribution in [-0.2, 0) is 15.5 Å². The van der Waals surface area contributed by atoms with Crippen LogP contribution < -0.4 is 10.6 Å². The first-order valence-electron chi connectivity index (χ1n) is 10.4. The number of nitrogens with one attached hydrogen (secondary N) is 2. The van der Waals surface area contributed by atoms with Gasteiger partial charge in [-0.25, -0.2) is 0 Å². The number of rotatable bonds is 9. The maximum absolute atomic E-state index is 12.1. The van der Waals surface area contributed by atoms with Gasteiger partial charge >= 0.3 is 0 Å². The van der Waals surface area contributed by atoms with E-state index < -0.39 is 10.8 Å². The quantitative estimate of drug-likeness (QED) is 0.359. The van der Waals surface area contributed by atoms with Crippen LogP contribution in [0.25, 0.3) is 0 Å². The van der Waals surface area contributed by atoms with E-state index >= 15 is 0 Å². The highest BCUT2D eigenvalue weighted by Crippen LogP contribution is 2.22. The van der Waals surface area contributed by atoms with Crippen molar-refractivity contribution in [1.82, 2.24) is 15.5 Å². The second-order valence-electron chi connectivity index (χ2n) is 7.22. The molecule has 0 aromatic rings. The van der Waals surface area contributed by atoms with E-state index in [0.717, 1.165) is 89.8 Å². The Kier molecular flexibility index (Phi) is 10.6. The van der Waals surface area contributed by atoms with Gasteiger partial charge < -0.3 is 15.4 Å². The Morgan fingerprint density at radius 3 is 2.77 bits per heavy atom. The summed E-state index contributed by atoms with van der Waals surface area (Å²) < 4.78 is 17.5. The molecule has 2 rings (SSSR count). The van der Waals surface area contributed by atoms with Gasteiger partial charge in [-0.2, -0.15) is 0 Å². The van der Waals surface area contributed by atoms with Crippen molar-refractivity contribution in [2.45, 2.75) is 63.7 Å². The molecule has 3 unspecified atom stereocenters. The van der Waals surface area contributed by atoms with E-state index in [-0.39, 0.29) is 0 Å². The van der Waals surface area contributed by atoms with Gasteiger partial charge in [-0.15, -0.1) is 0 Å². The van der Waals surface area contributed by atoms with Crippen LogP contribution in [-0.4, -0.2) is 78.1 Å². The normalized spacial score (nSPS) is 26.5. The van der Waals surface area contributed by atoms with Crippen LogP contribution in [0.4, 0.5) is 0 Å². The van der Waals surface area contributed by atoms with E-state index in [1.165, 1.54) is 6.42 Å². The Morgan fingerprint density at radius 1 is 1.23 bits per heavy atom. The molecule has 0 aromatic heterocycles. The highest BCUT2D eigenvalue weighted by atomic mass is 32.2. The molecular formula is C19H38N4O2S. The second kappa shape index (κ2) is 12.7. The molecule has 0 bridgehead atoms. The summed E-state index contributed by atoms with van der Waals surface area (Å²) in [6, 6.07) is 0.399. The van der Waals surface area contributed by atoms with Crippen molar-refractivity contribution in [3.63, 3.8) is 0 Å². The molecule has 0 radical (unpaired) electrons. The first kappa shape index (κ1) is 21.6. The number of ether oxygens (including phenoxy) is 1. The molecule has 2 N–H and O–H groups in total. The zero-order chi connectivity index (χ0) is 18.6. The fraction of sp³-hybridized carbons (Fsp3) is 0.947. The van der Waals surface area contributed by atoms with Crippen LogP contribution in [0.3, 0.4) is 0 Å². The van der Waals surface area contributed by atoms with Crippen LogP contribution in [0.15, 0.2) is 4.99 Å². The minimum atomic E-state index is -0.677. The van der Waals surface area contributed by atoms with Crippen molar-refractivity contribution in [3.05, 3.63) is 0 Å². The number of hydrogen-bond acceptors (Lipinski definition) is 4. The maximum Gasteiger partial charge on any atom is 0.191 e. The number of morpholine rings is 1. The highest BCUT2D eigenvalue weighted by molar-refractivity contribution is 7.85. The van der Waals surface area contributed by atoms with Crippen LogP contribution in [0.1, 0.15) is 52.4 Å². The Labute approximate surface area is 162 Å². The van der Waals surface area contributed by atoms with Crippen molar-refractivity contribution in [3.8, 4) is 0 Å². The third-order valence-electron chi connectivity index (χ3n) is 5.22. The van der Waals surface area contributed by atoms with Gasteiger partial charge in [0, 0.05) is 54.0 Å². The minimum Gasteiger partial charge on any atom is -0.379 e. The average molecular weight is 387 g/mol. The number of guanidine groups is 1. The zero-order valence-electron chi connectivity index (χ0n) is 16.7. The first-order chi connectivity index (χ1) is 12.7. The predicted octanol–water partition coefficient (Wildman–Crippen LogP) is 1.73. The molecule has 1 saturated carbocycles. The third kappa shape index (κ3) is 7.92. The topological polar surface area (TPSA) is 66.0 Å². The molecule has 0 aromatic carbocycles. The molecule has 7 heteroatoms. The monoisotopic (exact) mass is 386 g/mol. The summed E-state index contributed by atoms with van der Waals surface area (Å²) >= 11 is 0. The SMILES string of the molecule is CCNC(=NCCCCN1CCOCC1)NC1CCCC(S(=O)CC)C1.